The fourth-order valence-corrected chi connectivity index (χ4v) is 1.34. The maximum absolute atomic E-state index is 11.8. The fraction of sp³-hybridized carbons (Fsp3) is 0.364. The predicted molar refractivity (Wildman–Crippen MR) is 60.3 cm³/mol. The first-order valence-corrected chi connectivity index (χ1v) is 5.12. The largest absolute Gasteiger partial charge is 0.497 e. The summed E-state index contributed by atoms with van der Waals surface area (Å²) >= 11 is 3.34. The Morgan fingerprint density at radius 3 is 2.57 bits per heavy atom. The summed E-state index contributed by atoms with van der Waals surface area (Å²) < 4.78 is 4.52. The highest BCUT2D eigenvalue weighted by molar-refractivity contribution is 9.10. The molecular weight excluding hydrogens is 244 g/mol. The topological polar surface area (TPSA) is 26.3 Å². The molecule has 0 aromatic heterocycles. The molecule has 1 rings (SSSR count). The number of ketones is 1. The lowest BCUT2D eigenvalue weighted by Gasteiger charge is -2.14. The van der Waals surface area contributed by atoms with Crippen LogP contribution in [0.3, 0.4) is 0 Å². The van der Waals surface area contributed by atoms with Crippen LogP contribution in [0.15, 0.2) is 24.3 Å². The molecule has 3 heteroatoms. The Balaban J connectivity index is 3.02. The van der Waals surface area contributed by atoms with Gasteiger partial charge < -0.3 is 4.74 Å². The molecule has 0 fully saturated rings. The lowest BCUT2D eigenvalue weighted by Crippen LogP contribution is -2.23. The number of ether oxygens (including phenoxy) is 1. The standard InChI is InChI=1S/C11H13BrO2/c1-11(2,12)10(13)8-5-4-6-9(7-8)14-3/h4-7H,1-3H3. The third-order valence-electron chi connectivity index (χ3n) is 1.87. The van der Waals surface area contributed by atoms with Crippen LogP contribution >= 0.6 is 15.9 Å². The predicted octanol–water partition coefficient (Wildman–Crippen LogP) is 3.05. The van der Waals surface area contributed by atoms with Crippen LogP contribution in [0.2, 0.25) is 0 Å². The van der Waals surface area contributed by atoms with Crippen LogP contribution in [0.25, 0.3) is 0 Å². The SMILES string of the molecule is COc1cccc(C(=O)C(C)(C)Br)c1. The third kappa shape index (κ3) is 2.58. The van der Waals surface area contributed by atoms with Crippen molar-refractivity contribution in [1.82, 2.24) is 0 Å². The highest BCUT2D eigenvalue weighted by atomic mass is 79.9. The molecule has 0 N–H and O–H groups in total. The van der Waals surface area contributed by atoms with Gasteiger partial charge in [0.05, 0.1) is 11.4 Å². The Hall–Kier alpha value is -0.830. The molecule has 0 aliphatic carbocycles. The highest BCUT2D eigenvalue weighted by Gasteiger charge is 2.24. The summed E-state index contributed by atoms with van der Waals surface area (Å²) in [6, 6.07) is 7.15. The molecular formula is C11H13BrO2. The van der Waals surface area contributed by atoms with Gasteiger partial charge in [-0.05, 0) is 26.0 Å². The smallest absolute Gasteiger partial charge is 0.179 e. The lowest BCUT2D eigenvalue weighted by atomic mass is 10.0. The van der Waals surface area contributed by atoms with Crippen molar-refractivity contribution in [2.45, 2.75) is 18.2 Å². The molecule has 14 heavy (non-hydrogen) atoms. The number of hydrogen-bond acceptors (Lipinski definition) is 2. The Labute approximate surface area is 92.4 Å². The summed E-state index contributed by atoms with van der Waals surface area (Å²) in [5, 5.41) is 0. The van der Waals surface area contributed by atoms with E-state index < -0.39 is 4.32 Å². The van der Waals surface area contributed by atoms with Crippen molar-refractivity contribution in [2.75, 3.05) is 7.11 Å². The quantitative estimate of drug-likeness (QED) is 0.614. The van der Waals surface area contributed by atoms with Gasteiger partial charge in [0.2, 0.25) is 0 Å². The Morgan fingerprint density at radius 2 is 2.07 bits per heavy atom. The van der Waals surface area contributed by atoms with Crippen molar-refractivity contribution in [2.24, 2.45) is 0 Å². The summed E-state index contributed by atoms with van der Waals surface area (Å²) in [4.78, 5) is 11.8. The van der Waals surface area contributed by atoms with Crippen molar-refractivity contribution in [1.29, 1.82) is 0 Å². The van der Waals surface area contributed by atoms with E-state index in [1.165, 1.54) is 0 Å². The maximum Gasteiger partial charge on any atom is 0.179 e. The van der Waals surface area contributed by atoms with Crippen LogP contribution in [-0.2, 0) is 0 Å². The van der Waals surface area contributed by atoms with Crippen LogP contribution in [0, 0.1) is 0 Å². The third-order valence-corrected chi connectivity index (χ3v) is 2.23. The van der Waals surface area contributed by atoms with E-state index in [0.29, 0.717) is 11.3 Å². The molecule has 0 unspecified atom stereocenters. The van der Waals surface area contributed by atoms with E-state index in [-0.39, 0.29) is 5.78 Å². The second-order valence-electron chi connectivity index (χ2n) is 3.53. The summed E-state index contributed by atoms with van der Waals surface area (Å²) in [7, 11) is 1.59. The van der Waals surface area contributed by atoms with Crippen LogP contribution in [0.5, 0.6) is 5.75 Å². The van der Waals surface area contributed by atoms with Gasteiger partial charge in [0.25, 0.3) is 0 Å². The van der Waals surface area contributed by atoms with Gasteiger partial charge in [-0.25, -0.2) is 0 Å². The Morgan fingerprint density at radius 1 is 1.43 bits per heavy atom. The molecule has 0 spiro atoms. The molecule has 0 aliphatic rings. The van der Waals surface area contributed by atoms with Gasteiger partial charge in [-0.3, -0.25) is 4.79 Å². The fourth-order valence-electron chi connectivity index (χ4n) is 1.11. The average molecular weight is 257 g/mol. The summed E-state index contributed by atoms with van der Waals surface area (Å²) in [6.45, 7) is 3.66. The van der Waals surface area contributed by atoms with Crippen LogP contribution in [0.4, 0.5) is 0 Å². The molecule has 0 amide bonds. The van der Waals surface area contributed by atoms with Gasteiger partial charge in [0.15, 0.2) is 5.78 Å². The van der Waals surface area contributed by atoms with Gasteiger partial charge in [0, 0.05) is 5.56 Å². The number of benzene rings is 1. The molecule has 0 bridgehead atoms. The molecule has 1 aromatic rings. The minimum Gasteiger partial charge on any atom is -0.497 e. The van der Waals surface area contributed by atoms with Crippen LogP contribution < -0.4 is 4.74 Å². The van der Waals surface area contributed by atoms with Gasteiger partial charge in [-0.2, -0.15) is 0 Å². The van der Waals surface area contributed by atoms with E-state index in [9.17, 15) is 4.79 Å². The molecule has 0 saturated heterocycles. The Bertz CT molecular complexity index is 339. The van der Waals surface area contributed by atoms with Crippen molar-refractivity contribution < 1.29 is 9.53 Å². The van der Waals surface area contributed by atoms with Gasteiger partial charge in [-0.15, -0.1) is 0 Å². The van der Waals surface area contributed by atoms with Crippen molar-refractivity contribution in [3.05, 3.63) is 29.8 Å². The number of halogens is 1. The second kappa shape index (κ2) is 4.13. The minimum atomic E-state index is -0.528. The zero-order valence-electron chi connectivity index (χ0n) is 8.50. The van der Waals surface area contributed by atoms with E-state index >= 15 is 0 Å². The van der Waals surface area contributed by atoms with E-state index in [0.717, 1.165) is 0 Å². The van der Waals surface area contributed by atoms with Gasteiger partial charge in [0.1, 0.15) is 5.75 Å². The van der Waals surface area contributed by atoms with Gasteiger partial charge >= 0.3 is 0 Å². The zero-order valence-corrected chi connectivity index (χ0v) is 10.1. The number of carbonyl (C=O) groups is 1. The van der Waals surface area contributed by atoms with Crippen molar-refractivity contribution in [3.8, 4) is 5.75 Å². The number of hydrogen-bond donors (Lipinski definition) is 0. The summed E-state index contributed by atoms with van der Waals surface area (Å²) in [5.41, 5.74) is 0.659. The normalized spacial score (nSPS) is 11.1. The molecule has 0 heterocycles. The average Bonchev–Trinajstić information content (AvgIpc) is 2.15. The molecule has 2 nitrogen and oxygen atoms in total. The minimum absolute atomic E-state index is 0.0522. The molecule has 0 atom stereocenters. The second-order valence-corrected chi connectivity index (χ2v) is 5.52. The first-order chi connectivity index (χ1) is 6.45. The van der Waals surface area contributed by atoms with Crippen molar-refractivity contribution >= 4 is 21.7 Å². The van der Waals surface area contributed by atoms with E-state index in [2.05, 4.69) is 15.9 Å². The number of carbonyl (C=O) groups excluding carboxylic acids is 1. The molecule has 1 aromatic carbocycles. The van der Waals surface area contributed by atoms with Gasteiger partial charge in [-0.1, -0.05) is 28.1 Å². The highest BCUT2D eigenvalue weighted by Crippen LogP contribution is 2.24. The van der Waals surface area contributed by atoms with E-state index in [1.54, 1.807) is 19.2 Å². The monoisotopic (exact) mass is 256 g/mol. The molecule has 0 radical (unpaired) electrons. The van der Waals surface area contributed by atoms with E-state index in [4.69, 9.17) is 4.74 Å². The zero-order chi connectivity index (χ0) is 10.8. The summed E-state index contributed by atoms with van der Waals surface area (Å²) in [6.07, 6.45) is 0. The molecule has 76 valence electrons. The first kappa shape index (κ1) is 11.2. The number of alkyl halides is 1. The Kier molecular flexibility index (Phi) is 3.32. The molecule has 0 saturated carbocycles. The molecule has 0 aliphatic heterocycles. The summed E-state index contributed by atoms with van der Waals surface area (Å²) in [5.74, 6) is 0.754. The lowest BCUT2D eigenvalue weighted by molar-refractivity contribution is 0.0961. The number of Topliss-reactive ketones (excluding diaryl/α,β-unsaturated/α-hetero) is 1. The van der Waals surface area contributed by atoms with Crippen LogP contribution in [-0.4, -0.2) is 17.2 Å². The van der Waals surface area contributed by atoms with Crippen LogP contribution in [0.1, 0.15) is 24.2 Å². The first-order valence-electron chi connectivity index (χ1n) is 4.33. The number of rotatable bonds is 3. The number of methoxy groups -OCH3 is 1. The van der Waals surface area contributed by atoms with E-state index in [1.807, 2.05) is 26.0 Å². The maximum atomic E-state index is 11.8. The van der Waals surface area contributed by atoms with Crippen molar-refractivity contribution in [3.63, 3.8) is 0 Å².